The van der Waals surface area contributed by atoms with Crippen molar-refractivity contribution in [3.63, 3.8) is 0 Å². The number of aliphatic hydroxyl groups is 2. The highest BCUT2D eigenvalue weighted by molar-refractivity contribution is 9.10. The standard InChI is InChI=1S/C14H21BrN2O4/c1-14(2,3)21-13(20)17-7-11(18)12(19)8-4-5-10(16)9(15)6-8/h4-6,11-12,18-19H,7,16H2,1-3H3,(H,17,20). The van der Waals surface area contributed by atoms with E-state index in [4.69, 9.17) is 10.5 Å². The van der Waals surface area contributed by atoms with Crippen LogP contribution in [-0.4, -0.2) is 34.6 Å². The number of carbonyl (C=O) groups is 1. The molecule has 1 rings (SSSR count). The highest BCUT2D eigenvalue weighted by atomic mass is 79.9. The molecule has 0 saturated carbocycles. The van der Waals surface area contributed by atoms with Gasteiger partial charge in [0.25, 0.3) is 0 Å². The number of nitrogens with one attached hydrogen (secondary N) is 1. The molecule has 2 atom stereocenters. The van der Waals surface area contributed by atoms with E-state index in [1.165, 1.54) is 0 Å². The van der Waals surface area contributed by atoms with Crippen molar-refractivity contribution in [1.82, 2.24) is 5.32 Å². The van der Waals surface area contributed by atoms with Crippen molar-refractivity contribution in [3.8, 4) is 0 Å². The van der Waals surface area contributed by atoms with Gasteiger partial charge < -0.3 is 26.0 Å². The van der Waals surface area contributed by atoms with E-state index in [-0.39, 0.29) is 6.54 Å². The number of amides is 1. The molecule has 21 heavy (non-hydrogen) atoms. The van der Waals surface area contributed by atoms with Gasteiger partial charge in [-0.1, -0.05) is 6.07 Å². The first kappa shape index (κ1) is 17.7. The summed E-state index contributed by atoms with van der Waals surface area (Å²) in [6, 6.07) is 4.86. The molecule has 6 nitrogen and oxygen atoms in total. The molecular weight excluding hydrogens is 340 g/mol. The average molecular weight is 361 g/mol. The maximum absolute atomic E-state index is 11.5. The third-order valence-electron chi connectivity index (χ3n) is 2.58. The van der Waals surface area contributed by atoms with Crippen molar-refractivity contribution >= 4 is 27.7 Å². The quantitative estimate of drug-likeness (QED) is 0.614. The zero-order valence-electron chi connectivity index (χ0n) is 12.3. The molecule has 0 spiro atoms. The fourth-order valence-electron chi connectivity index (χ4n) is 1.56. The summed E-state index contributed by atoms with van der Waals surface area (Å²) in [6.45, 7) is 5.09. The number of aliphatic hydroxyl groups excluding tert-OH is 2. The van der Waals surface area contributed by atoms with Gasteiger partial charge in [-0.2, -0.15) is 0 Å². The molecule has 118 valence electrons. The minimum absolute atomic E-state index is 0.127. The normalized spacial score (nSPS) is 14.4. The molecule has 1 aromatic carbocycles. The van der Waals surface area contributed by atoms with E-state index in [0.717, 1.165) is 0 Å². The average Bonchev–Trinajstić information content (AvgIpc) is 2.36. The maximum atomic E-state index is 11.5. The van der Waals surface area contributed by atoms with Gasteiger partial charge in [0, 0.05) is 16.7 Å². The zero-order valence-corrected chi connectivity index (χ0v) is 13.8. The van der Waals surface area contributed by atoms with Crippen LogP contribution in [0.15, 0.2) is 22.7 Å². The number of benzene rings is 1. The van der Waals surface area contributed by atoms with Gasteiger partial charge in [-0.3, -0.25) is 0 Å². The van der Waals surface area contributed by atoms with Crippen molar-refractivity contribution in [2.45, 2.75) is 38.6 Å². The first-order valence-electron chi connectivity index (χ1n) is 6.48. The van der Waals surface area contributed by atoms with Gasteiger partial charge >= 0.3 is 6.09 Å². The minimum Gasteiger partial charge on any atom is -0.444 e. The number of alkyl carbamates (subject to hydrolysis) is 1. The molecule has 0 aliphatic rings. The molecule has 0 aromatic heterocycles. The van der Waals surface area contributed by atoms with E-state index >= 15 is 0 Å². The number of hydrogen-bond donors (Lipinski definition) is 4. The van der Waals surface area contributed by atoms with Crippen LogP contribution in [0.1, 0.15) is 32.4 Å². The summed E-state index contributed by atoms with van der Waals surface area (Å²) in [4.78, 5) is 11.5. The van der Waals surface area contributed by atoms with E-state index in [1.807, 2.05) is 0 Å². The Balaban J connectivity index is 2.56. The second-order valence-electron chi connectivity index (χ2n) is 5.68. The Kier molecular flexibility index (Phi) is 6.00. The van der Waals surface area contributed by atoms with Crippen LogP contribution in [0.5, 0.6) is 0 Å². The molecule has 0 bridgehead atoms. The monoisotopic (exact) mass is 360 g/mol. The second-order valence-corrected chi connectivity index (χ2v) is 6.53. The zero-order chi connectivity index (χ0) is 16.2. The van der Waals surface area contributed by atoms with Gasteiger partial charge in [0.15, 0.2) is 0 Å². The molecule has 1 amide bonds. The summed E-state index contributed by atoms with van der Waals surface area (Å²) in [6.07, 6.45) is -2.95. The van der Waals surface area contributed by atoms with Gasteiger partial charge in [-0.15, -0.1) is 0 Å². The summed E-state index contributed by atoms with van der Waals surface area (Å²) in [5.74, 6) is 0. The molecule has 0 aliphatic carbocycles. The number of carbonyl (C=O) groups excluding carboxylic acids is 1. The van der Waals surface area contributed by atoms with Gasteiger partial charge in [-0.05, 0) is 54.4 Å². The molecule has 0 radical (unpaired) electrons. The Morgan fingerprint density at radius 2 is 2.05 bits per heavy atom. The third kappa shape index (κ3) is 5.91. The van der Waals surface area contributed by atoms with Crippen LogP contribution < -0.4 is 11.1 Å². The number of halogens is 1. The molecule has 5 N–H and O–H groups in total. The van der Waals surface area contributed by atoms with Crippen LogP contribution in [0.4, 0.5) is 10.5 Å². The number of hydrogen-bond acceptors (Lipinski definition) is 5. The van der Waals surface area contributed by atoms with Gasteiger partial charge in [0.1, 0.15) is 17.8 Å². The van der Waals surface area contributed by atoms with Gasteiger partial charge in [-0.25, -0.2) is 4.79 Å². The Hall–Kier alpha value is -1.31. The topological polar surface area (TPSA) is 105 Å². The first-order valence-corrected chi connectivity index (χ1v) is 7.27. The Morgan fingerprint density at radius 3 is 2.57 bits per heavy atom. The van der Waals surface area contributed by atoms with Crippen LogP contribution >= 0.6 is 15.9 Å². The number of ether oxygens (including phenoxy) is 1. The molecule has 1 aromatic rings. The van der Waals surface area contributed by atoms with Crippen LogP contribution in [-0.2, 0) is 4.74 Å². The lowest BCUT2D eigenvalue weighted by molar-refractivity contribution is 0.0129. The highest BCUT2D eigenvalue weighted by Gasteiger charge is 2.21. The molecule has 0 saturated heterocycles. The lowest BCUT2D eigenvalue weighted by atomic mass is 10.0. The number of nitrogens with two attached hydrogens (primary N) is 1. The summed E-state index contributed by atoms with van der Waals surface area (Å²) >= 11 is 3.25. The Labute approximate surface area is 132 Å². The fourth-order valence-corrected chi connectivity index (χ4v) is 1.96. The van der Waals surface area contributed by atoms with Crippen molar-refractivity contribution < 1.29 is 19.7 Å². The smallest absolute Gasteiger partial charge is 0.407 e. The summed E-state index contributed by atoms with van der Waals surface area (Å²) in [5, 5.41) is 22.4. The van der Waals surface area contributed by atoms with Crippen molar-refractivity contribution in [3.05, 3.63) is 28.2 Å². The summed E-state index contributed by atoms with van der Waals surface area (Å²) in [5.41, 5.74) is 6.07. The number of rotatable bonds is 4. The summed E-state index contributed by atoms with van der Waals surface area (Å²) in [7, 11) is 0. The van der Waals surface area contributed by atoms with E-state index in [9.17, 15) is 15.0 Å². The summed E-state index contributed by atoms with van der Waals surface area (Å²) < 4.78 is 5.67. The molecule has 0 heterocycles. The molecule has 0 fully saturated rings. The van der Waals surface area contributed by atoms with E-state index in [1.54, 1.807) is 39.0 Å². The highest BCUT2D eigenvalue weighted by Crippen LogP contribution is 2.25. The van der Waals surface area contributed by atoms with E-state index < -0.39 is 23.9 Å². The lowest BCUT2D eigenvalue weighted by Crippen LogP contribution is -2.38. The predicted octanol–water partition coefficient (Wildman–Crippen LogP) is 1.95. The van der Waals surface area contributed by atoms with Crippen molar-refractivity contribution in [2.24, 2.45) is 0 Å². The predicted molar refractivity (Wildman–Crippen MR) is 83.8 cm³/mol. The number of anilines is 1. The minimum atomic E-state index is -1.16. The van der Waals surface area contributed by atoms with E-state index in [2.05, 4.69) is 21.2 Å². The van der Waals surface area contributed by atoms with E-state index in [0.29, 0.717) is 15.7 Å². The SMILES string of the molecule is CC(C)(C)OC(=O)NCC(O)C(O)c1ccc(N)c(Br)c1. The second kappa shape index (κ2) is 7.11. The van der Waals surface area contributed by atoms with Gasteiger partial charge in [0.05, 0.1) is 0 Å². The molecule has 2 unspecified atom stereocenters. The van der Waals surface area contributed by atoms with Crippen LogP contribution in [0.3, 0.4) is 0 Å². The third-order valence-corrected chi connectivity index (χ3v) is 3.27. The molecule has 7 heteroatoms. The number of nitrogen functional groups attached to an aromatic ring is 1. The van der Waals surface area contributed by atoms with Crippen molar-refractivity contribution in [1.29, 1.82) is 0 Å². The molecular formula is C14H21BrN2O4. The molecule has 0 aliphatic heterocycles. The first-order chi connectivity index (χ1) is 9.60. The van der Waals surface area contributed by atoms with Crippen molar-refractivity contribution in [2.75, 3.05) is 12.3 Å². The Bertz CT molecular complexity index is 502. The largest absolute Gasteiger partial charge is 0.444 e. The van der Waals surface area contributed by atoms with Crippen LogP contribution in [0.25, 0.3) is 0 Å². The van der Waals surface area contributed by atoms with Gasteiger partial charge in [0.2, 0.25) is 0 Å². The van der Waals surface area contributed by atoms with Crippen LogP contribution in [0, 0.1) is 0 Å². The maximum Gasteiger partial charge on any atom is 0.407 e. The fraction of sp³-hybridized carbons (Fsp3) is 0.500. The Morgan fingerprint density at radius 1 is 1.43 bits per heavy atom. The van der Waals surface area contributed by atoms with Crippen LogP contribution in [0.2, 0.25) is 0 Å². The lowest BCUT2D eigenvalue weighted by Gasteiger charge is -2.22.